The molecule has 0 fully saturated rings. The van der Waals surface area contributed by atoms with Crippen LogP contribution in [0.5, 0.6) is 5.75 Å². The molecule has 1 N–H and O–H groups in total. The van der Waals surface area contributed by atoms with Crippen molar-refractivity contribution in [2.45, 2.75) is 13.5 Å². The van der Waals surface area contributed by atoms with E-state index >= 15 is 0 Å². The molecule has 0 aliphatic rings. The molecule has 3 aromatic carbocycles. The van der Waals surface area contributed by atoms with Gasteiger partial charge in [-0.3, -0.25) is 15.5 Å². The molecule has 0 bridgehead atoms. The van der Waals surface area contributed by atoms with E-state index in [0.29, 0.717) is 12.3 Å². The lowest BCUT2D eigenvalue weighted by molar-refractivity contribution is -0.384. The first kappa shape index (κ1) is 18.1. The number of hydrogen-bond donors (Lipinski definition) is 1. The third-order valence-electron chi connectivity index (χ3n) is 3.87. The third kappa shape index (κ3) is 5.40. The van der Waals surface area contributed by atoms with Crippen LogP contribution in [-0.2, 0) is 6.61 Å². The molecule has 27 heavy (non-hydrogen) atoms. The van der Waals surface area contributed by atoms with Gasteiger partial charge in [-0.1, -0.05) is 35.9 Å². The summed E-state index contributed by atoms with van der Waals surface area (Å²) in [5, 5.41) is 14.9. The molecule has 6 nitrogen and oxygen atoms in total. The number of ether oxygens (including phenoxy) is 1. The van der Waals surface area contributed by atoms with Crippen molar-refractivity contribution < 1.29 is 9.66 Å². The van der Waals surface area contributed by atoms with Gasteiger partial charge in [-0.25, -0.2) is 0 Å². The number of nitro benzene ring substituents is 1. The molecule has 0 unspecified atom stereocenters. The minimum absolute atomic E-state index is 0.0188. The predicted octanol–water partition coefficient (Wildman–Crippen LogP) is 4.93. The maximum absolute atomic E-state index is 10.8. The lowest BCUT2D eigenvalue weighted by atomic mass is 10.2. The number of hydrogen-bond acceptors (Lipinski definition) is 5. The number of nitro groups is 1. The maximum Gasteiger partial charge on any atom is 0.271 e. The Morgan fingerprint density at radius 2 is 1.81 bits per heavy atom. The van der Waals surface area contributed by atoms with Crippen LogP contribution in [0.15, 0.2) is 77.9 Å². The Morgan fingerprint density at radius 3 is 2.52 bits per heavy atom. The Kier molecular flexibility index (Phi) is 5.79. The quantitative estimate of drug-likeness (QED) is 0.368. The summed E-state index contributed by atoms with van der Waals surface area (Å²) in [4.78, 5) is 10.3. The van der Waals surface area contributed by atoms with Gasteiger partial charge in [0.05, 0.1) is 16.8 Å². The van der Waals surface area contributed by atoms with Gasteiger partial charge in [-0.05, 0) is 48.4 Å². The molecule has 0 saturated heterocycles. The zero-order chi connectivity index (χ0) is 19.1. The van der Waals surface area contributed by atoms with Crippen LogP contribution in [0.4, 0.5) is 11.4 Å². The molecule has 0 aliphatic heterocycles. The second-order valence-electron chi connectivity index (χ2n) is 6.02. The largest absolute Gasteiger partial charge is 0.489 e. The fourth-order valence-electron chi connectivity index (χ4n) is 2.37. The monoisotopic (exact) mass is 361 g/mol. The zero-order valence-electron chi connectivity index (χ0n) is 14.8. The second-order valence-corrected chi connectivity index (χ2v) is 6.02. The number of hydrazone groups is 1. The first-order valence-corrected chi connectivity index (χ1v) is 8.42. The molecule has 0 aromatic heterocycles. The Labute approximate surface area is 157 Å². The van der Waals surface area contributed by atoms with Crippen LogP contribution in [0, 0.1) is 17.0 Å². The lowest BCUT2D eigenvalue weighted by Gasteiger charge is -2.07. The fourth-order valence-corrected chi connectivity index (χ4v) is 2.37. The molecule has 3 aromatic rings. The summed E-state index contributed by atoms with van der Waals surface area (Å²) in [7, 11) is 0. The highest BCUT2D eigenvalue weighted by molar-refractivity contribution is 5.80. The van der Waals surface area contributed by atoms with E-state index in [1.54, 1.807) is 18.3 Å². The fraction of sp³-hybridized carbons (Fsp3) is 0.0952. The van der Waals surface area contributed by atoms with Crippen LogP contribution in [0.3, 0.4) is 0 Å². The Bertz CT molecular complexity index is 936. The number of aryl methyl sites for hydroxylation is 1. The van der Waals surface area contributed by atoms with Gasteiger partial charge in [-0.2, -0.15) is 5.10 Å². The molecule has 0 atom stereocenters. The smallest absolute Gasteiger partial charge is 0.271 e. The molecule has 0 aliphatic carbocycles. The van der Waals surface area contributed by atoms with E-state index in [-0.39, 0.29) is 5.69 Å². The molecule has 136 valence electrons. The Hall–Kier alpha value is -3.67. The summed E-state index contributed by atoms with van der Waals surface area (Å²) in [6, 6.07) is 22.0. The molecular formula is C21H19N3O3. The SMILES string of the molecule is Cc1ccc(COc2ccc(C=NNc3cccc([N+](=O)[O-])c3)cc2)cc1. The Balaban J connectivity index is 1.54. The molecule has 0 amide bonds. The van der Waals surface area contributed by atoms with Gasteiger partial charge in [0, 0.05) is 12.1 Å². The van der Waals surface area contributed by atoms with Crippen molar-refractivity contribution in [2.24, 2.45) is 5.10 Å². The van der Waals surface area contributed by atoms with E-state index in [2.05, 4.69) is 41.7 Å². The number of non-ortho nitro benzene ring substituents is 1. The van der Waals surface area contributed by atoms with Crippen molar-refractivity contribution in [1.82, 2.24) is 0 Å². The van der Waals surface area contributed by atoms with Crippen LogP contribution < -0.4 is 10.2 Å². The number of rotatable bonds is 7. The highest BCUT2D eigenvalue weighted by atomic mass is 16.6. The molecule has 0 saturated carbocycles. The standard InChI is InChI=1S/C21H19N3O3/c1-16-5-7-18(8-6-16)15-27-21-11-9-17(10-12-21)14-22-23-19-3-2-4-20(13-19)24(25)26/h2-14,23H,15H2,1H3. The molecular weight excluding hydrogens is 342 g/mol. The number of nitrogens with one attached hydrogen (secondary N) is 1. The highest BCUT2D eigenvalue weighted by Crippen LogP contribution is 2.17. The van der Waals surface area contributed by atoms with Gasteiger partial charge in [0.1, 0.15) is 12.4 Å². The van der Waals surface area contributed by atoms with Gasteiger partial charge in [0.15, 0.2) is 0 Å². The van der Waals surface area contributed by atoms with Crippen LogP contribution >= 0.6 is 0 Å². The second kappa shape index (κ2) is 8.62. The lowest BCUT2D eigenvalue weighted by Crippen LogP contribution is -1.96. The first-order valence-electron chi connectivity index (χ1n) is 8.42. The molecule has 6 heteroatoms. The topological polar surface area (TPSA) is 76.8 Å². The summed E-state index contributed by atoms with van der Waals surface area (Å²) in [5.41, 5.74) is 6.59. The summed E-state index contributed by atoms with van der Waals surface area (Å²) >= 11 is 0. The van der Waals surface area contributed by atoms with E-state index in [1.165, 1.54) is 17.7 Å². The van der Waals surface area contributed by atoms with Gasteiger partial charge < -0.3 is 4.74 Å². The van der Waals surface area contributed by atoms with Crippen molar-refractivity contribution in [2.75, 3.05) is 5.43 Å². The van der Waals surface area contributed by atoms with E-state index in [9.17, 15) is 10.1 Å². The predicted molar refractivity (Wildman–Crippen MR) is 106 cm³/mol. The molecule has 3 rings (SSSR count). The molecule has 0 radical (unpaired) electrons. The van der Waals surface area contributed by atoms with Crippen molar-refractivity contribution >= 4 is 17.6 Å². The number of anilines is 1. The van der Waals surface area contributed by atoms with E-state index in [4.69, 9.17) is 4.74 Å². The summed E-state index contributed by atoms with van der Waals surface area (Å²) in [5.74, 6) is 0.777. The third-order valence-corrected chi connectivity index (χ3v) is 3.87. The van der Waals surface area contributed by atoms with Crippen molar-refractivity contribution in [3.05, 3.63) is 99.6 Å². The average Bonchev–Trinajstić information content (AvgIpc) is 2.69. The summed E-state index contributed by atoms with van der Waals surface area (Å²) in [6.45, 7) is 2.57. The average molecular weight is 361 g/mol. The summed E-state index contributed by atoms with van der Waals surface area (Å²) in [6.07, 6.45) is 1.64. The molecule has 0 heterocycles. The Morgan fingerprint density at radius 1 is 1.07 bits per heavy atom. The van der Waals surface area contributed by atoms with Crippen molar-refractivity contribution in [3.8, 4) is 5.75 Å². The highest BCUT2D eigenvalue weighted by Gasteiger charge is 2.04. The van der Waals surface area contributed by atoms with E-state index < -0.39 is 4.92 Å². The molecule has 0 spiro atoms. The van der Waals surface area contributed by atoms with Gasteiger partial charge in [0.2, 0.25) is 0 Å². The normalized spacial score (nSPS) is 10.7. The van der Waals surface area contributed by atoms with Crippen LogP contribution in [0.25, 0.3) is 0 Å². The maximum atomic E-state index is 10.8. The zero-order valence-corrected chi connectivity index (χ0v) is 14.8. The van der Waals surface area contributed by atoms with Crippen molar-refractivity contribution in [1.29, 1.82) is 0 Å². The van der Waals surface area contributed by atoms with Gasteiger partial charge >= 0.3 is 0 Å². The van der Waals surface area contributed by atoms with Gasteiger partial charge in [-0.15, -0.1) is 0 Å². The van der Waals surface area contributed by atoms with Crippen LogP contribution in [-0.4, -0.2) is 11.1 Å². The minimum Gasteiger partial charge on any atom is -0.489 e. The van der Waals surface area contributed by atoms with E-state index in [0.717, 1.165) is 16.9 Å². The number of nitrogens with zero attached hydrogens (tertiary/aromatic N) is 2. The van der Waals surface area contributed by atoms with Crippen LogP contribution in [0.2, 0.25) is 0 Å². The van der Waals surface area contributed by atoms with Gasteiger partial charge in [0.25, 0.3) is 5.69 Å². The van der Waals surface area contributed by atoms with Crippen molar-refractivity contribution in [3.63, 3.8) is 0 Å². The summed E-state index contributed by atoms with van der Waals surface area (Å²) < 4.78 is 5.77. The first-order chi connectivity index (χ1) is 13.1. The van der Waals surface area contributed by atoms with E-state index in [1.807, 2.05) is 24.3 Å². The minimum atomic E-state index is -0.440. The number of benzene rings is 3. The van der Waals surface area contributed by atoms with Crippen LogP contribution in [0.1, 0.15) is 16.7 Å².